The number of hydrogen-bond acceptors (Lipinski definition) is 12. The van der Waals surface area contributed by atoms with Crippen LogP contribution in [0.25, 0.3) is 0 Å². The Morgan fingerprint density at radius 1 is 0.404 bits per heavy atom. The highest BCUT2D eigenvalue weighted by atomic mass is 16.6. The molecule has 0 aliphatic carbocycles. The minimum Gasteiger partial charge on any atom is -0.465 e. The molecule has 0 aliphatic rings. The molecule has 0 amide bonds. The Morgan fingerprint density at radius 3 is 0.851 bits per heavy atom. The topological polar surface area (TPSA) is 158 Å². The van der Waals surface area contributed by atoms with Crippen molar-refractivity contribution in [1.29, 1.82) is 0 Å². The molecule has 0 rings (SSSR count). The summed E-state index contributed by atoms with van der Waals surface area (Å²) in [5, 5.41) is 0. The average Bonchev–Trinajstić information content (AvgIpc) is 3.01. The molecular weight excluding hydrogens is 612 g/mol. The lowest BCUT2D eigenvalue weighted by atomic mass is 9.94. The molecule has 264 valence electrons. The van der Waals surface area contributed by atoms with Gasteiger partial charge in [-0.25, -0.2) is 19.2 Å². The van der Waals surface area contributed by atoms with Gasteiger partial charge in [-0.2, -0.15) is 0 Å². The highest BCUT2D eigenvalue weighted by Crippen LogP contribution is 2.22. The van der Waals surface area contributed by atoms with Gasteiger partial charge < -0.3 is 28.4 Å². The van der Waals surface area contributed by atoms with Crippen molar-refractivity contribution in [2.75, 3.05) is 39.6 Å². The van der Waals surface area contributed by atoms with Crippen molar-refractivity contribution in [2.24, 2.45) is 10.8 Å². The Morgan fingerprint density at radius 2 is 0.617 bits per heavy atom. The Labute approximate surface area is 278 Å². The van der Waals surface area contributed by atoms with Gasteiger partial charge in [-0.05, 0) is 54.4 Å². The summed E-state index contributed by atoms with van der Waals surface area (Å²) in [6, 6.07) is 0. The SMILES string of the molecule is C=C(C)C(=O)OCC(C)(COC(=O)CCCCCCCC(=O)OCC(C)(COC(=O)C(=C)C)COC(=O)C(=C)C)COC(=O)C(=C)C. The largest absolute Gasteiger partial charge is 0.465 e. The molecule has 12 nitrogen and oxygen atoms in total. The normalized spacial score (nSPS) is 11.0. The lowest BCUT2D eigenvalue weighted by Gasteiger charge is -2.28. The first kappa shape index (κ1) is 42.8. The van der Waals surface area contributed by atoms with Crippen LogP contribution in [0.1, 0.15) is 86.5 Å². The fourth-order valence-corrected chi connectivity index (χ4v) is 3.42. The molecule has 0 heterocycles. The summed E-state index contributed by atoms with van der Waals surface area (Å²) in [6.45, 7) is 22.6. The summed E-state index contributed by atoms with van der Waals surface area (Å²) in [7, 11) is 0. The van der Waals surface area contributed by atoms with Gasteiger partial charge in [-0.15, -0.1) is 0 Å². The van der Waals surface area contributed by atoms with Crippen LogP contribution in [-0.2, 0) is 57.2 Å². The van der Waals surface area contributed by atoms with Gasteiger partial charge in [-0.3, -0.25) is 9.59 Å². The third-order valence-corrected chi connectivity index (χ3v) is 6.53. The summed E-state index contributed by atoms with van der Waals surface area (Å²) in [5.41, 5.74) is -1.10. The van der Waals surface area contributed by atoms with Crippen LogP contribution in [0.3, 0.4) is 0 Å². The highest BCUT2D eigenvalue weighted by Gasteiger charge is 2.32. The van der Waals surface area contributed by atoms with Gasteiger partial charge in [0, 0.05) is 35.1 Å². The van der Waals surface area contributed by atoms with Crippen LogP contribution in [0.4, 0.5) is 0 Å². The molecule has 0 unspecified atom stereocenters. The van der Waals surface area contributed by atoms with Crippen molar-refractivity contribution in [3.63, 3.8) is 0 Å². The Balaban J connectivity index is 4.58. The molecule has 0 radical (unpaired) electrons. The molecule has 0 atom stereocenters. The molecule has 0 aliphatic heterocycles. The second kappa shape index (κ2) is 21.6. The zero-order chi connectivity index (χ0) is 36.2. The Kier molecular flexibility index (Phi) is 19.6. The maximum absolute atomic E-state index is 12.4. The predicted molar refractivity (Wildman–Crippen MR) is 174 cm³/mol. The summed E-state index contributed by atoms with van der Waals surface area (Å²) < 4.78 is 31.7. The zero-order valence-corrected chi connectivity index (χ0v) is 28.9. The van der Waals surface area contributed by atoms with E-state index < -0.39 is 46.6 Å². The van der Waals surface area contributed by atoms with Gasteiger partial charge >= 0.3 is 35.8 Å². The zero-order valence-electron chi connectivity index (χ0n) is 28.9. The quantitative estimate of drug-likeness (QED) is 0.0569. The number of hydrogen-bond donors (Lipinski definition) is 0. The fraction of sp³-hybridized carbons (Fsp3) is 0.600. The molecule has 0 aromatic heterocycles. The molecule has 0 spiro atoms. The standard InChI is InChI=1S/C35H52O12/c1-24(2)30(38)44-20-34(9,21-45-31(39)25(3)4)18-42-28(36)16-14-12-11-13-15-17-29(37)43-19-35(10,22-46-32(40)26(5)6)23-47-33(41)27(7)8/h1,3,5,7,11-23H2,2,4,6,8-10H3. The lowest BCUT2D eigenvalue weighted by molar-refractivity contribution is -0.160. The minimum absolute atomic E-state index is 0.132. The van der Waals surface area contributed by atoms with Crippen molar-refractivity contribution in [3.8, 4) is 0 Å². The van der Waals surface area contributed by atoms with E-state index in [0.717, 1.165) is 19.3 Å². The van der Waals surface area contributed by atoms with E-state index in [4.69, 9.17) is 28.4 Å². The van der Waals surface area contributed by atoms with E-state index in [1.165, 1.54) is 27.7 Å². The van der Waals surface area contributed by atoms with Gasteiger partial charge in [0.1, 0.15) is 39.6 Å². The predicted octanol–water partition coefficient (Wildman–Crippen LogP) is 5.29. The number of ether oxygens (including phenoxy) is 6. The highest BCUT2D eigenvalue weighted by molar-refractivity contribution is 5.88. The van der Waals surface area contributed by atoms with Crippen LogP contribution in [0, 0.1) is 10.8 Å². The molecule has 0 saturated heterocycles. The van der Waals surface area contributed by atoms with E-state index in [1.807, 2.05) is 0 Å². The Bertz CT molecular complexity index is 1030. The molecule has 0 saturated carbocycles. The summed E-state index contributed by atoms with van der Waals surface area (Å²) >= 11 is 0. The van der Waals surface area contributed by atoms with Gasteiger partial charge in [0.25, 0.3) is 0 Å². The number of esters is 6. The van der Waals surface area contributed by atoms with Crippen molar-refractivity contribution in [2.45, 2.75) is 86.5 Å². The van der Waals surface area contributed by atoms with E-state index in [1.54, 1.807) is 13.8 Å². The smallest absolute Gasteiger partial charge is 0.333 e. The number of carbonyl (C=O) groups is 6. The van der Waals surface area contributed by atoms with Crippen molar-refractivity contribution < 1.29 is 57.2 Å². The van der Waals surface area contributed by atoms with Crippen LogP contribution in [0.5, 0.6) is 0 Å². The van der Waals surface area contributed by atoms with Crippen molar-refractivity contribution >= 4 is 35.8 Å². The van der Waals surface area contributed by atoms with Gasteiger partial charge in [0.15, 0.2) is 0 Å². The average molecular weight is 665 g/mol. The fourth-order valence-electron chi connectivity index (χ4n) is 3.42. The summed E-state index contributed by atoms with van der Waals surface area (Å²) in [6.07, 6.45) is 3.71. The summed E-state index contributed by atoms with van der Waals surface area (Å²) in [5.74, 6) is -3.31. The van der Waals surface area contributed by atoms with E-state index in [9.17, 15) is 28.8 Å². The maximum atomic E-state index is 12.4. The first-order valence-electron chi connectivity index (χ1n) is 15.4. The van der Waals surface area contributed by atoms with E-state index in [-0.39, 0.29) is 74.8 Å². The van der Waals surface area contributed by atoms with Crippen LogP contribution >= 0.6 is 0 Å². The molecule has 12 heteroatoms. The second-order valence-electron chi connectivity index (χ2n) is 12.6. The monoisotopic (exact) mass is 664 g/mol. The molecular formula is C35H52O12. The summed E-state index contributed by atoms with van der Waals surface area (Å²) in [4.78, 5) is 72.1. The molecule has 0 bridgehead atoms. The number of rotatable bonds is 24. The van der Waals surface area contributed by atoms with E-state index >= 15 is 0 Å². The van der Waals surface area contributed by atoms with E-state index in [0.29, 0.717) is 12.8 Å². The third kappa shape index (κ3) is 19.8. The molecule has 0 aromatic rings. The molecule has 47 heavy (non-hydrogen) atoms. The van der Waals surface area contributed by atoms with Gasteiger partial charge in [-0.1, -0.05) is 45.6 Å². The van der Waals surface area contributed by atoms with Crippen LogP contribution < -0.4 is 0 Å². The van der Waals surface area contributed by atoms with Gasteiger partial charge in [0.2, 0.25) is 0 Å². The minimum atomic E-state index is -0.970. The van der Waals surface area contributed by atoms with E-state index in [2.05, 4.69) is 26.3 Å². The second-order valence-corrected chi connectivity index (χ2v) is 12.6. The van der Waals surface area contributed by atoms with Crippen LogP contribution in [-0.4, -0.2) is 75.5 Å². The lowest BCUT2D eigenvalue weighted by Crippen LogP contribution is -2.37. The van der Waals surface area contributed by atoms with Crippen molar-refractivity contribution in [3.05, 3.63) is 48.6 Å². The van der Waals surface area contributed by atoms with Crippen molar-refractivity contribution in [1.82, 2.24) is 0 Å². The van der Waals surface area contributed by atoms with Crippen LogP contribution in [0.15, 0.2) is 48.6 Å². The first-order chi connectivity index (χ1) is 21.8. The third-order valence-electron chi connectivity index (χ3n) is 6.53. The first-order valence-corrected chi connectivity index (χ1v) is 15.4. The number of carbonyl (C=O) groups excluding carboxylic acids is 6. The molecule has 0 fully saturated rings. The molecule has 0 aromatic carbocycles. The van der Waals surface area contributed by atoms with Gasteiger partial charge in [0.05, 0.1) is 10.8 Å². The van der Waals surface area contributed by atoms with Crippen LogP contribution in [0.2, 0.25) is 0 Å². The molecule has 0 N–H and O–H groups in total. The maximum Gasteiger partial charge on any atom is 0.333 e. The number of unbranched alkanes of at least 4 members (excludes halogenated alkanes) is 4. The Hall–Kier alpha value is -4.22.